The minimum atomic E-state index is -4.68. The van der Waals surface area contributed by atoms with Crippen molar-refractivity contribution in [2.24, 2.45) is 0 Å². The highest BCUT2D eigenvalue weighted by atomic mass is 32.2. The number of esters is 1. The first-order valence-electron chi connectivity index (χ1n) is 27.0. The summed E-state index contributed by atoms with van der Waals surface area (Å²) in [4.78, 5) is 72.2. The Labute approximate surface area is 494 Å². The summed E-state index contributed by atoms with van der Waals surface area (Å²) >= 11 is 0. The lowest BCUT2D eigenvalue weighted by molar-refractivity contribution is -0.142. The Morgan fingerprint density at radius 3 is 1.91 bits per heavy atom. The Bertz CT molecular complexity index is 3590. The number of Topliss-reactive ketones (excluding diaryl/α,β-unsaturated/α-hetero) is 1. The van der Waals surface area contributed by atoms with Gasteiger partial charge in [0.2, 0.25) is 33.7 Å². The van der Waals surface area contributed by atoms with Crippen LogP contribution < -0.4 is 40.9 Å². The van der Waals surface area contributed by atoms with Crippen molar-refractivity contribution in [3.8, 4) is 5.75 Å². The van der Waals surface area contributed by atoms with Crippen LogP contribution in [0.3, 0.4) is 0 Å². The first-order chi connectivity index (χ1) is 40.3. The van der Waals surface area contributed by atoms with E-state index in [4.69, 9.17) is 19.0 Å². The second-order valence-corrected chi connectivity index (χ2v) is 25.1. The SMILES string of the molecule is COC(=O)[C@H](CNC(=O)C1CC(=O)c2ccc(CNc3nccn3C(c3ccccc3)(c3ccccc3)c3ccccc3)cc2N1C)NS(=O)(=O)c1c(C)cc(OCCCC(=O)NCCNC(=O)[C@H](CS(=O)(=O)O)N[C@H](C)CS(=O)(=O)O)cc1C. The van der Waals surface area contributed by atoms with Crippen LogP contribution in [-0.2, 0) is 66.3 Å². The number of nitrogens with one attached hydrogen (secondary N) is 6. The molecule has 5 aromatic carbocycles. The largest absolute Gasteiger partial charge is 0.494 e. The summed E-state index contributed by atoms with van der Waals surface area (Å²) in [6.07, 6.45) is 3.67. The van der Waals surface area contributed by atoms with E-state index in [1.165, 1.54) is 32.9 Å². The molecule has 1 aromatic heterocycles. The molecule has 0 saturated carbocycles. The molecule has 0 radical (unpaired) electrons. The molecule has 6 aromatic rings. The maximum Gasteiger partial charge on any atom is 0.325 e. The van der Waals surface area contributed by atoms with Crippen LogP contribution in [-0.4, -0.2) is 149 Å². The zero-order chi connectivity index (χ0) is 61.7. The van der Waals surface area contributed by atoms with E-state index in [0.29, 0.717) is 17.2 Å². The summed E-state index contributed by atoms with van der Waals surface area (Å²) < 4.78 is 107. The fourth-order valence-corrected chi connectivity index (χ4v) is 13.4. The van der Waals surface area contributed by atoms with Crippen molar-refractivity contribution in [3.63, 3.8) is 0 Å². The number of carbonyl (C=O) groups excluding carboxylic acids is 5. The number of hydrogen-bond donors (Lipinski definition) is 8. The average molecular weight is 1230 g/mol. The van der Waals surface area contributed by atoms with Gasteiger partial charge >= 0.3 is 5.97 Å². The highest BCUT2D eigenvalue weighted by Gasteiger charge is 2.41. The molecular weight excluding hydrogens is 1160 g/mol. The summed E-state index contributed by atoms with van der Waals surface area (Å²) in [6, 6.07) is 33.6. The number of aryl methyl sites for hydroxylation is 2. The molecule has 8 N–H and O–H groups in total. The first-order valence-corrected chi connectivity index (χ1v) is 31.7. The summed E-state index contributed by atoms with van der Waals surface area (Å²) in [5.74, 6) is -4.32. The molecule has 24 nitrogen and oxygen atoms in total. The summed E-state index contributed by atoms with van der Waals surface area (Å²) in [5.41, 5.74) is 4.39. The van der Waals surface area contributed by atoms with Gasteiger partial charge in [-0.15, -0.1) is 0 Å². The molecule has 7 rings (SSSR count). The third-order valence-electron chi connectivity index (χ3n) is 14.1. The number of anilines is 2. The minimum absolute atomic E-state index is 0.0235. The molecule has 1 unspecified atom stereocenters. The summed E-state index contributed by atoms with van der Waals surface area (Å²) in [6.45, 7) is 3.87. The van der Waals surface area contributed by atoms with Crippen LogP contribution in [0.15, 0.2) is 139 Å². The van der Waals surface area contributed by atoms with Crippen LogP contribution in [0.4, 0.5) is 11.6 Å². The van der Waals surface area contributed by atoms with Crippen LogP contribution in [0, 0.1) is 13.8 Å². The lowest BCUT2D eigenvalue weighted by Crippen LogP contribution is -2.54. The Kier molecular flexibility index (Phi) is 21.4. The van der Waals surface area contributed by atoms with Gasteiger partial charge in [0.05, 0.1) is 30.1 Å². The van der Waals surface area contributed by atoms with E-state index in [-0.39, 0.29) is 73.1 Å². The van der Waals surface area contributed by atoms with Crippen LogP contribution in [0.1, 0.15) is 69.9 Å². The standard InChI is InChI=1S/C58H69N9O15S3/c1-38-30-45(82-29-15-22-52(69)59-25-26-60-54(70)48(37-84(76,77)78)64-40(3)36-83(73,74)75)31-39(2)53(38)85(79,80)65-47(56(72)81-5)35-62-55(71)50-33-51(68)46-24-23-41(32-49(46)66(50)4)34-63-57-61-27-28-67(57)58(42-16-9-6-10-17-42,43-18-11-7-12-19-43)44-20-13-8-14-21-44/h6-14,16-21,23-24,27-28,30-32,40,47-48,50,64-65H,15,22,25-26,29,33-37H2,1-5H3,(H,59,69)(H,60,70)(H,61,63)(H,62,71)(H,73,74,75)(H,76,77,78)/t40-,47+,48+,50?/m1/s1. The number of hydrogen-bond acceptors (Lipinski definition) is 17. The van der Waals surface area contributed by atoms with Crippen molar-refractivity contribution in [2.75, 3.05) is 62.1 Å². The Balaban J connectivity index is 0.933. The lowest BCUT2D eigenvalue weighted by atomic mass is 9.76. The van der Waals surface area contributed by atoms with Gasteiger partial charge in [0, 0.05) is 75.8 Å². The van der Waals surface area contributed by atoms with Gasteiger partial charge in [-0.25, -0.2) is 13.4 Å². The van der Waals surface area contributed by atoms with Gasteiger partial charge in [-0.3, -0.25) is 37.6 Å². The van der Waals surface area contributed by atoms with E-state index < -0.39 is 102 Å². The Morgan fingerprint density at radius 2 is 1.34 bits per heavy atom. The van der Waals surface area contributed by atoms with E-state index >= 15 is 0 Å². The Hall–Kier alpha value is -8.05. The minimum Gasteiger partial charge on any atom is -0.494 e. The molecule has 85 heavy (non-hydrogen) atoms. The number of methoxy groups -OCH3 is 1. The third kappa shape index (κ3) is 16.6. The number of amides is 3. The number of benzene rings is 5. The molecule has 0 spiro atoms. The van der Waals surface area contributed by atoms with E-state index in [2.05, 4.69) is 72.3 Å². The predicted molar refractivity (Wildman–Crippen MR) is 317 cm³/mol. The van der Waals surface area contributed by atoms with Crippen LogP contribution >= 0.6 is 0 Å². The zero-order valence-electron chi connectivity index (χ0n) is 47.4. The maximum absolute atomic E-state index is 14.0. The molecule has 4 atom stereocenters. The highest BCUT2D eigenvalue weighted by Crippen LogP contribution is 2.42. The number of fused-ring (bicyclic) bond motifs is 1. The number of ketones is 1. The van der Waals surface area contributed by atoms with Crippen molar-refractivity contribution < 1.29 is 67.8 Å². The molecular formula is C58H69N9O15S3. The van der Waals surface area contributed by atoms with Gasteiger partial charge in [0.1, 0.15) is 29.4 Å². The Morgan fingerprint density at radius 1 is 0.765 bits per heavy atom. The fourth-order valence-electron chi connectivity index (χ4n) is 10.4. The number of rotatable bonds is 29. The molecule has 0 saturated heterocycles. The zero-order valence-corrected chi connectivity index (χ0v) is 49.8. The van der Waals surface area contributed by atoms with Crippen LogP contribution in [0.5, 0.6) is 5.75 Å². The molecule has 1 aliphatic heterocycles. The summed E-state index contributed by atoms with van der Waals surface area (Å²) in [5, 5.41) is 13.6. The monoisotopic (exact) mass is 1230 g/mol. The second kappa shape index (κ2) is 28.2. The van der Waals surface area contributed by atoms with Gasteiger partial charge in [0.15, 0.2) is 5.78 Å². The number of sulfonamides is 1. The van der Waals surface area contributed by atoms with Crippen LogP contribution in [0.25, 0.3) is 0 Å². The van der Waals surface area contributed by atoms with Crippen molar-refractivity contribution >= 4 is 71.4 Å². The highest BCUT2D eigenvalue weighted by molar-refractivity contribution is 7.89. The molecule has 0 aliphatic carbocycles. The number of aromatic nitrogens is 2. The van der Waals surface area contributed by atoms with Crippen molar-refractivity contribution in [1.29, 1.82) is 0 Å². The molecule has 27 heteroatoms. The van der Waals surface area contributed by atoms with E-state index in [0.717, 1.165) is 29.4 Å². The molecule has 2 heterocycles. The normalized spacial score (nSPS) is 14.7. The molecule has 0 fully saturated rings. The predicted octanol–water partition coefficient (Wildman–Crippen LogP) is 3.49. The van der Waals surface area contributed by atoms with Crippen LogP contribution in [0.2, 0.25) is 0 Å². The maximum atomic E-state index is 14.0. The topological polar surface area (TPSA) is 340 Å². The van der Waals surface area contributed by atoms with E-state index in [1.54, 1.807) is 24.2 Å². The van der Waals surface area contributed by atoms with Crippen molar-refractivity contribution in [2.45, 2.75) is 81.2 Å². The number of ether oxygens (including phenoxy) is 2. The van der Waals surface area contributed by atoms with Gasteiger partial charge < -0.3 is 41.0 Å². The molecule has 3 amide bonds. The number of imidazole rings is 1. The molecule has 0 bridgehead atoms. The average Bonchev–Trinajstić information content (AvgIpc) is 1.77. The van der Waals surface area contributed by atoms with Gasteiger partial charge in [-0.2, -0.15) is 21.6 Å². The van der Waals surface area contributed by atoms with Crippen molar-refractivity contribution in [1.82, 2.24) is 35.5 Å². The first kappa shape index (κ1) is 64.5. The molecule has 1 aliphatic rings. The summed E-state index contributed by atoms with van der Waals surface area (Å²) in [7, 11) is -10.9. The number of carbonyl (C=O) groups is 5. The number of nitrogens with zero attached hydrogens (tertiary/aromatic N) is 3. The number of likely N-dealkylation sites (N-methyl/N-ethyl adjacent to an activating group) is 1. The lowest BCUT2D eigenvalue weighted by Gasteiger charge is -2.38. The second-order valence-electron chi connectivity index (χ2n) is 20.4. The van der Waals surface area contributed by atoms with Crippen molar-refractivity contribution in [3.05, 3.63) is 173 Å². The quantitative estimate of drug-likeness (QED) is 0.0144. The van der Waals surface area contributed by atoms with E-state index in [1.807, 2.05) is 72.9 Å². The van der Waals surface area contributed by atoms with Gasteiger partial charge in [-0.1, -0.05) is 97.1 Å². The van der Waals surface area contributed by atoms with Gasteiger partial charge in [0.25, 0.3) is 20.2 Å². The van der Waals surface area contributed by atoms with E-state index in [9.17, 15) is 53.8 Å². The smallest absolute Gasteiger partial charge is 0.325 e. The van der Waals surface area contributed by atoms with Gasteiger partial charge in [-0.05, 0) is 84.8 Å². The third-order valence-corrected chi connectivity index (χ3v) is 17.5. The fraction of sp³-hybridized carbons (Fsp3) is 0.345. The molecule has 454 valence electrons.